The quantitative estimate of drug-likeness (QED) is 0.394. The van der Waals surface area contributed by atoms with E-state index in [2.05, 4.69) is 4.74 Å². The molecule has 0 saturated heterocycles. The molecule has 0 aliphatic carbocycles. The average molecular weight is 404 g/mol. The smallest absolute Gasteiger partial charge is 0.456 e. The summed E-state index contributed by atoms with van der Waals surface area (Å²) in [6.45, 7) is 9.09. The number of esters is 2. The number of carbonyl (C=O) groups excluding carboxylic acids is 2. The van der Waals surface area contributed by atoms with Crippen molar-refractivity contribution in [1.29, 1.82) is 0 Å². The standard InChI is InChI=1S/C18H29F5O4/c1-7-16(5,6)10-12(15(2,3)4)14(25)26-9-8-13(24)27-11-17(19,20)18(21,22)23/h12H,7-11H2,1-6H3. The third kappa shape index (κ3) is 8.88. The van der Waals surface area contributed by atoms with Crippen molar-refractivity contribution in [3.63, 3.8) is 0 Å². The highest BCUT2D eigenvalue weighted by molar-refractivity contribution is 5.74. The molecule has 160 valence electrons. The Morgan fingerprint density at radius 2 is 1.44 bits per heavy atom. The van der Waals surface area contributed by atoms with E-state index in [1.54, 1.807) is 0 Å². The van der Waals surface area contributed by atoms with Crippen molar-refractivity contribution in [1.82, 2.24) is 0 Å². The van der Waals surface area contributed by atoms with Crippen LogP contribution in [-0.2, 0) is 19.1 Å². The van der Waals surface area contributed by atoms with E-state index in [-0.39, 0.29) is 5.41 Å². The van der Waals surface area contributed by atoms with E-state index in [4.69, 9.17) is 4.74 Å². The Bertz CT molecular complexity index is 507. The molecule has 0 fully saturated rings. The number of carbonyl (C=O) groups is 2. The summed E-state index contributed by atoms with van der Waals surface area (Å²) in [5.74, 6) is -7.43. The summed E-state index contributed by atoms with van der Waals surface area (Å²) in [6.07, 6.45) is -5.01. The summed E-state index contributed by atoms with van der Waals surface area (Å²) in [4.78, 5) is 23.7. The third-order valence-electron chi connectivity index (χ3n) is 4.42. The number of hydrogen-bond acceptors (Lipinski definition) is 4. The molecule has 0 aromatic rings. The van der Waals surface area contributed by atoms with Crippen molar-refractivity contribution in [3.8, 4) is 0 Å². The Morgan fingerprint density at radius 1 is 0.926 bits per heavy atom. The summed E-state index contributed by atoms with van der Waals surface area (Å²) < 4.78 is 70.3. The molecule has 0 aliphatic rings. The van der Waals surface area contributed by atoms with Gasteiger partial charge < -0.3 is 9.47 Å². The third-order valence-corrected chi connectivity index (χ3v) is 4.42. The first-order valence-corrected chi connectivity index (χ1v) is 8.70. The molecule has 0 spiro atoms. The molecular formula is C18H29F5O4. The average Bonchev–Trinajstić information content (AvgIpc) is 2.48. The Kier molecular flexibility index (Phi) is 8.71. The Labute approximate surface area is 156 Å². The first kappa shape index (κ1) is 25.6. The van der Waals surface area contributed by atoms with Gasteiger partial charge in [-0.25, -0.2) is 0 Å². The fraction of sp³-hybridized carbons (Fsp3) is 0.889. The molecule has 0 saturated carbocycles. The first-order valence-electron chi connectivity index (χ1n) is 8.70. The van der Waals surface area contributed by atoms with E-state index in [9.17, 15) is 31.5 Å². The topological polar surface area (TPSA) is 52.6 Å². The lowest BCUT2D eigenvalue weighted by molar-refractivity contribution is -0.294. The van der Waals surface area contributed by atoms with Gasteiger partial charge in [-0.2, -0.15) is 22.0 Å². The van der Waals surface area contributed by atoms with Crippen LogP contribution in [0.2, 0.25) is 0 Å². The molecule has 9 heteroatoms. The number of alkyl halides is 5. The van der Waals surface area contributed by atoms with Gasteiger partial charge in [0.25, 0.3) is 0 Å². The second kappa shape index (κ2) is 9.19. The van der Waals surface area contributed by atoms with Crippen LogP contribution < -0.4 is 0 Å². The Balaban J connectivity index is 4.60. The highest BCUT2D eigenvalue weighted by Crippen LogP contribution is 2.39. The second-order valence-corrected chi connectivity index (χ2v) is 8.42. The van der Waals surface area contributed by atoms with E-state index in [1.807, 2.05) is 41.5 Å². The normalized spacial score (nSPS) is 14.6. The van der Waals surface area contributed by atoms with E-state index in [1.165, 1.54) is 0 Å². The van der Waals surface area contributed by atoms with Gasteiger partial charge in [-0.15, -0.1) is 0 Å². The van der Waals surface area contributed by atoms with Gasteiger partial charge in [0.15, 0.2) is 6.61 Å². The predicted molar refractivity (Wildman–Crippen MR) is 89.2 cm³/mol. The number of rotatable bonds is 9. The van der Waals surface area contributed by atoms with Gasteiger partial charge >= 0.3 is 24.0 Å². The maximum Gasteiger partial charge on any atom is 0.456 e. The molecule has 0 aromatic heterocycles. The molecule has 0 rings (SSSR count). The largest absolute Gasteiger partial charge is 0.465 e. The Morgan fingerprint density at radius 3 is 1.85 bits per heavy atom. The molecule has 0 heterocycles. The van der Waals surface area contributed by atoms with Gasteiger partial charge in [-0.3, -0.25) is 9.59 Å². The van der Waals surface area contributed by atoms with Crippen LogP contribution in [0.5, 0.6) is 0 Å². The number of halogens is 5. The van der Waals surface area contributed by atoms with Gasteiger partial charge in [0.05, 0.1) is 12.3 Å². The molecule has 27 heavy (non-hydrogen) atoms. The zero-order chi connectivity index (χ0) is 21.7. The molecular weight excluding hydrogens is 375 g/mol. The Hall–Kier alpha value is -1.41. The lowest BCUT2D eigenvalue weighted by atomic mass is 9.70. The van der Waals surface area contributed by atoms with Crippen LogP contribution in [0.15, 0.2) is 0 Å². The molecule has 0 N–H and O–H groups in total. The minimum Gasteiger partial charge on any atom is -0.465 e. The van der Waals surface area contributed by atoms with E-state index < -0.39 is 55.0 Å². The number of hydrogen-bond donors (Lipinski definition) is 0. The van der Waals surface area contributed by atoms with Gasteiger partial charge in [-0.1, -0.05) is 48.0 Å². The number of ether oxygens (including phenoxy) is 2. The summed E-state index contributed by atoms with van der Waals surface area (Å²) in [7, 11) is 0. The van der Waals surface area contributed by atoms with Gasteiger partial charge in [0.2, 0.25) is 0 Å². The summed E-state index contributed by atoms with van der Waals surface area (Å²) in [5, 5.41) is 0. The first-order chi connectivity index (χ1) is 11.9. The van der Waals surface area contributed by atoms with Crippen molar-refractivity contribution in [2.24, 2.45) is 16.7 Å². The van der Waals surface area contributed by atoms with Gasteiger partial charge in [0.1, 0.15) is 6.61 Å². The summed E-state index contributed by atoms with van der Waals surface area (Å²) in [6, 6.07) is 0. The molecule has 0 bridgehead atoms. The highest BCUT2D eigenvalue weighted by Gasteiger charge is 2.58. The van der Waals surface area contributed by atoms with Crippen LogP contribution in [0.3, 0.4) is 0 Å². The van der Waals surface area contributed by atoms with E-state index in [0.29, 0.717) is 6.42 Å². The molecule has 0 amide bonds. The summed E-state index contributed by atoms with van der Waals surface area (Å²) in [5.41, 5.74) is -0.516. The minimum absolute atomic E-state index is 0.112. The lowest BCUT2D eigenvalue weighted by Crippen LogP contribution is -2.41. The van der Waals surface area contributed by atoms with Crippen molar-refractivity contribution in [3.05, 3.63) is 0 Å². The van der Waals surface area contributed by atoms with Crippen LogP contribution in [0.4, 0.5) is 22.0 Å². The van der Waals surface area contributed by atoms with Crippen LogP contribution >= 0.6 is 0 Å². The monoisotopic (exact) mass is 404 g/mol. The SMILES string of the molecule is CCC(C)(C)CC(C(=O)OCCC(=O)OCC(F)(F)C(F)(F)F)C(C)(C)C. The van der Waals surface area contributed by atoms with E-state index in [0.717, 1.165) is 6.42 Å². The molecule has 1 atom stereocenters. The van der Waals surface area contributed by atoms with Crippen molar-refractivity contribution in [2.75, 3.05) is 13.2 Å². The van der Waals surface area contributed by atoms with Crippen LogP contribution in [0.25, 0.3) is 0 Å². The highest BCUT2D eigenvalue weighted by atomic mass is 19.4. The fourth-order valence-corrected chi connectivity index (χ4v) is 2.10. The second-order valence-electron chi connectivity index (χ2n) is 8.42. The molecule has 4 nitrogen and oxygen atoms in total. The van der Waals surface area contributed by atoms with E-state index >= 15 is 0 Å². The maximum atomic E-state index is 12.7. The zero-order valence-electron chi connectivity index (χ0n) is 16.6. The molecule has 1 unspecified atom stereocenters. The lowest BCUT2D eigenvalue weighted by Gasteiger charge is -2.35. The molecule has 0 aliphatic heterocycles. The van der Waals surface area contributed by atoms with Crippen LogP contribution in [0.1, 0.15) is 60.8 Å². The van der Waals surface area contributed by atoms with Crippen molar-refractivity contribution in [2.45, 2.75) is 72.9 Å². The van der Waals surface area contributed by atoms with Crippen molar-refractivity contribution < 1.29 is 41.0 Å². The minimum atomic E-state index is -5.80. The molecule has 0 radical (unpaired) electrons. The zero-order valence-corrected chi connectivity index (χ0v) is 16.6. The molecule has 0 aromatic carbocycles. The van der Waals surface area contributed by atoms with Crippen molar-refractivity contribution >= 4 is 11.9 Å². The van der Waals surface area contributed by atoms with Crippen LogP contribution in [-0.4, -0.2) is 37.3 Å². The van der Waals surface area contributed by atoms with Gasteiger partial charge in [-0.05, 0) is 17.3 Å². The fourth-order valence-electron chi connectivity index (χ4n) is 2.10. The van der Waals surface area contributed by atoms with Gasteiger partial charge in [0, 0.05) is 0 Å². The maximum absolute atomic E-state index is 12.7. The van der Waals surface area contributed by atoms with Crippen LogP contribution in [0, 0.1) is 16.7 Å². The predicted octanol–water partition coefficient (Wildman–Crippen LogP) is 5.15. The summed E-state index contributed by atoms with van der Waals surface area (Å²) >= 11 is 0.